The molecular weight excluding hydrogens is 326 g/mol. The summed E-state index contributed by atoms with van der Waals surface area (Å²) >= 11 is 0. The molecule has 1 aliphatic rings. The molecule has 0 bridgehead atoms. The first kappa shape index (κ1) is 20.2. The van der Waals surface area contributed by atoms with Crippen LogP contribution in [0.2, 0.25) is 0 Å². The first-order chi connectivity index (χ1) is 11.4. The Balaban J connectivity index is 0.00000243. The van der Waals surface area contributed by atoms with Gasteiger partial charge in [0.25, 0.3) is 5.92 Å². The Morgan fingerprint density at radius 3 is 1.88 bits per heavy atom. The van der Waals surface area contributed by atoms with Crippen molar-refractivity contribution in [2.75, 3.05) is 0 Å². The summed E-state index contributed by atoms with van der Waals surface area (Å²) in [6.07, 6.45) is 0. The van der Waals surface area contributed by atoms with Gasteiger partial charge in [0.15, 0.2) is 0 Å². The third kappa shape index (κ3) is 3.54. The lowest BCUT2D eigenvalue weighted by Gasteiger charge is -2.21. The van der Waals surface area contributed by atoms with Crippen LogP contribution in [0, 0.1) is 17.3 Å². The van der Waals surface area contributed by atoms with Crippen LogP contribution >= 0.6 is 0 Å². The van der Waals surface area contributed by atoms with E-state index >= 15 is 8.78 Å². The number of alkyl halides is 2. The van der Waals surface area contributed by atoms with Gasteiger partial charge in [0.2, 0.25) is 0 Å². The van der Waals surface area contributed by atoms with Crippen LogP contribution in [-0.4, -0.2) is 0 Å². The monoisotopic (exact) mass is 354 g/mol. The van der Waals surface area contributed by atoms with Crippen molar-refractivity contribution in [1.29, 1.82) is 0 Å². The zero-order valence-corrected chi connectivity index (χ0v) is 15.7. The highest BCUT2D eigenvalue weighted by Crippen LogP contribution is 2.51. The van der Waals surface area contributed by atoms with E-state index in [0.717, 1.165) is 5.56 Å². The van der Waals surface area contributed by atoms with Gasteiger partial charge in [-0.15, -0.1) is 0 Å². The molecule has 0 nitrogen and oxygen atoms in total. The Morgan fingerprint density at radius 1 is 0.808 bits per heavy atom. The van der Waals surface area contributed by atoms with Crippen LogP contribution in [0.1, 0.15) is 71.2 Å². The van der Waals surface area contributed by atoms with E-state index in [1.54, 1.807) is 18.2 Å². The highest BCUT2D eigenvalue weighted by Gasteiger charge is 2.44. The first-order valence-electron chi connectivity index (χ1n) is 8.60. The van der Waals surface area contributed by atoms with Crippen molar-refractivity contribution in [2.45, 2.75) is 60.3 Å². The van der Waals surface area contributed by atoms with Gasteiger partial charge in [0, 0.05) is 22.1 Å². The molecule has 0 N–H and O–H groups in total. The third-order valence-corrected chi connectivity index (χ3v) is 4.45. The molecule has 0 spiro atoms. The molecule has 0 fully saturated rings. The SMILES string of the molecule is C.CC(C)(C)C#Cc1ccc2c(c1)C(F)(F)c1cc(C(C)(C)C)ccc1-2. The molecule has 3 rings (SSSR count). The number of fused-ring (bicyclic) bond motifs is 3. The van der Waals surface area contributed by atoms with Gasteiger partial charge in [-0.1, -0.05) is 58.2 Å². The number of halogens is 2. The molecule has 0 saturated heterocycles. The van der Waals surface area contributed by atoms with Crippen LogP contribution in [0.5, 0.6) is 0 Å². The minimum atomic E-state index is -2.98. The predicted molar refractivity (Wildman–Crippen MR) is 107 cm³/mol. The van der Waals surface area contributed by atoms with Crippen LogP contribution < -0.4 is 0 Å². The van der Waals surface area contributed by atoms with Crippen LogP contribution in [0.15, 0.2) is 36.4 Å². The van der Waals surface area contributed by atoms with Crippen LogP contribution in [0.3, 0.4) is 0 Å². The second-order valence-corrected chi connectivity index (χ2v) is 8.85. The average molecular weight is 354 g/mol. The maximum atomic E-state index is 15.1. The summed E-state index contributed by atoms with van der Waals surface area (Å²) in [5.74, 6) is 3.16. The Hall–Kier alpha value is -2.14. The maximum absolute atomic E-state index is 15.1. The fourth-order valence-electron chi connectivity index (χ4n) is 3.03. The van der Waals surface area contributed by atoms with Crippen molar-refractivity contribution in [1.82, 2.24) is 0 Å². The minimum absolute atomic E-state index is 0. The normalized spacial score (nSPS) is 14.6. The first-order valence-corrected chi connectivity index (χ1v) is 8.60. The van der Waals surface area contributed by atoms with E-state index in [-0.39, 0.29) is 29.4 Å². The molecule has 2 aromatic carbocycles. The summed E-state index contributed by atoms with van der Waals surface area (Å²) in [6, 6.07) is 10.6. The molecule has 2 aromatic rings. The van der Waals surface area contributed by atoms with Crippen molar-refractivity contribution in [3.63, 3.8) is 0 Å². The number of hydrogen-bond acceptors (Lipinski definition) is 0. The van der Waals surface area contributed by atoms with Crippen molar-refractivity contribution >= 4 is 0 Å². The lowest BCUT2D eigenvalue weighted by Crippen LogP contribution is -2.15. The summed E-state index contributed by atoms with van der Waals surface area (Å²) in [7, 11) is 0. The van der Waals surface area contributed by atoms with Crippen molar-refractivity contribution in [3.8, 4) is 23.0 Å². The summed E-state index contributed by atoms with van der Waals surface area (Å²) < 4.78 is 30.2. The molecule has 26 heavy (non-hydrogen) atoms. The second kappa shape index (κ2) is 6.23. The van der Waals surface area contributed by atoms with Gasteiger partial charge < -0.3 is 0 Å². The van der Waals surface area contributed by atoms with E-state index < -0.39 is 5.92 Å². The summed E-state index contributed by atoms with van der Waals surface area (Å²) in [5, 5.41) is 0. The molecule has 0 heterocycles. The smallest absolute Gasteiger partial charge is 0.196 e. The molecule has 0 radical (unpaired) electrons. The number of hydrogen-bond donors (Lipinski definition) is 0. The molecule has 0 amide bonds. The Morgan fingerprint density at radius 2 is 1.35 bits per heavy atom. The van der Waals surface area contributed by atoms with E-state index in [1.165, 1.54) is 0 Å². The molecule has 1 aliphatic carbocycles. The molecule has 0 aromatic heterocycles. The highest BCUT2D eigenvalue weighted by atomic mass is 19.3. The molecule has 0 unspecified atom stereocenters. The zero-order valence-electron chi connectivity index (χ0n) is 15.7. The topological polar surface area (TPSA) is 0 Å². The molecule has 0 atom stereocenters. The lowest BCUT2D eigenvalue weighted by molar-refractivity contribution is 0.0478. The van der Waals surface area contributed by atoms with E-state index in [0.29, 0.717) is 16.7 Å². The van der Waals surface area contributed by atoms with Gasteiger partial charge in [-0.3, -0.25) is 0 Å². The van der Waals surface area contributed by atoms with Crippen LogP contribution in [0.25, 0.3) is 11.1 Å². The second-order valence-electron chi connectivity index (χ2n) is 8.85. The fraction of sp³-hybridized carbons (Fsp3) is 0.417. The highest BCUT2D eigenvalue weighted by molar-refractivity contribution is 5.80. The van der Waals surface area contributed by atoms with Gasteiger partial charge in [-0.2, -0.15) is 8.78 Å². The summed E-state index contributed by atoms with van der Waals surface area (Å²) in [6.45, 7) is 12.1. The molecule has 0 aliphatic heterocycles. The molecule has 2 heteroatoms. The van der Waals surface area contributed by atoms with Gasteiger partial charge in [0.05, 0.1) is 0 Å². The van der Waals surface area contributed by atoms with Gasteiger partial charge in [-0.25, -0.2) is 0 Å². The van der Waals surface area contributed by atoms with E-state index in [1.807, 2.05) is 59.7 Å². The average Bonchev–Trinajstić information content (AvgIpc) is 2.72. The zero-order chi connectivity index (χ0) is 18.6. The number of rotatable bonds is 0. The predicted octanol–water partition coefficient (Wildman–Crippen LogP) is 7.14. The molecular formula is C24H28F2. The van der Waals surface area contributed by atoms with Gasteiger partial charge in [0.1, 0.15) is 0 Å². The molecule has 138 valence electrons. The fourth-order valence-corrected chi connectivity index (χ4v) is 3.03. The van der Waals surface area contributed by atoms with Crippen molar-refractivity contribution < 1.29 is 8.78 Å². The maximum Gasteiger partial charge on any atom is 0.299 e. The largest absolute Gasteiger partial charge is 0.299 e. The van der Waals surface area contributed by atoms with Gasteiger partial charge >= 0.3 is 0 Å². The quantitative estimate of drug-likeness (QED) is 0.441. The van der Waals surface area contributed by atoms with Crippen molar-refractivity contribution in [3.05, 3.63) is 58.7 Å². The van der Waals surface area contributed by atoms with E-state index in [2.05, 4.69) is 11.8 Å². The Labute approximate surface area is 156 Å². The standard InChI is InChI=1S/C23H24F2.CH4/c1-21(2,3)12-11-15-7-9-17-18-10-8-16(22(4,5)6)14-20(18)23(24,25)19(17)13-15;/h7-10,13-14H,1-6H3;1H4. The van der Waals surface area contributed by atoms with Crippen LogP contribution in [0.4, 0.5) is 8.78 Å². The third-order valence-electron chi connectivity index (χ3n) is 4.45. The van der Waals surface area contributed by atoms with Gasteiger partial charge in [-0.05, 0) is 61.1 Å². The molecule has 0 saturated carbocycles. The lowest BCUT2D eigenvalue weighted by atomic mass is 9.85. The van der Waals surface area contributed by atoms with Crippen molar-refractivity contribution in [2.24, 2.45) is 5.41 Å². The Bertz CT molecular complexity index is 895. The summed E-state index contributed by atoms with van der Waals surface area (Å²) in [4.78, 5) is 0. The summed E-state index contributed by atoms with van der Waals surface area (Å²) in [5.41, 5.74) is 2.65. The minimum Gasteiger partial charge on any atom is -0.196 e. The van der Waals surface area contributed by atoms with E-state index in [9.17, 15) is 0 Å². The van der Waals surface area contributed by atoms with Crippen LogP contribution in [-0.2, 0) is 11.3 Å². The van der Waals surface area contributed by atoms with E-state index in [4.69, 9.17) is 0 Å². The Kier molecular flexibility index (Phi) is 4.84. The number of benzene rings is 2.